The van der Waals surface area contributed by atoms with Gasteiger partial charge in [0.25, 0.3) is 5.79 Å². The third-order valence-electron chi connectivity index (χ3n) is 5.36. The second-order valence-electron chi connectivity index (χ2n) is 7.20. The van der Waals surface area contributed by atoms with Crippen molar-refractivity contribution in [2.75, 3.05) is 12.3 Å². The van der Waals surface area contributed by atoms with Crippen LogP contribution in [0.5, 0.6) is 6.01 Å². The van der Waals surface area contributed by atoms with Crippen LogP contribution in [0.1, 0.15) is 11.8 Å². The number of hydrogen-bond acceptors (Lipinski definition) is 11. The molecule has 0 amide bonds. The summed E-state index contributed by atoms with van der Waals surface area (Å²) in [7, 11) is -4.21. The van der Waals surface area contributed by atoms with E-state index in [2.05, 4.69) is 9.97 Å². The molecule has 3 N–H and O–H groups in total. The molecule has 2 fully saturated rings. The topological polar surface area (TPSA) is 170 Å². The van der Waals surface area contributed by atoms with Crippen LogP contribution in [0.25, 0.3) is 11.2 Å². The quantitative estimate of drug-likeness (QED) is 0.515. The normalized spacial score (nSPS) is 30.9. The van der Waals surface area contributed by atoms with Gasteiger partial charge >= 0.3 is 19.4 Å². The number of aromatic nitrogens is 4. The number of nitrogen functional groups attached to an aromatic ring is 1. The number of ketones is 1. The van der Waals surface area contributed by atoms with Gasteiger partial charge in [-0.15, -0.1) is 0 Å². The highest BCUT2D eigenvalue weighted by atomic mass is 31.2. The number of nitrogens with two attached hydrogens (primary N) is 1. The van der Waals surface area contributed by atoms with E-state index >= 15 is 0 Å². The minimum Gasteiger partial charge on any atom is -0.393 e. The van der Waals surface area contributed by atoms with Crippen molar-refractivity contribution in [2.45, 2.75) is 24.7 Å². The second-order valence-corrected chi connectivity index (χ2v) is 8.64. The molecule has 0 radical (unpaired) electrons. The van der Waals surface area contributed by atoms with E-state index in [-0.39, 0.29) is 23.7 Å². The SMILES string of the molecule is Nc1nc(=O)c2nc3n(c2n1Cc1ccccc1)[C@@H]1O[C@@H](CO)C2(OP(=O)(O3)O2)C1=O. The number of rotatable bonds is 3. The molecule has 0 aliphatic carbocycles. The van der Waals surface area contributed by atoms with Crippen LogP contribution < -0.4 is 15.8 Å². The fraction of sp³-hybridized carbons (Fsp3) is 0.294. The molecule has 6 heterocycles. The molecule has 3 bridgehead atoms. The third-order valence-corrected chi connectivity index (χ3v) is 6.74. The number of carbonyl (C=O) groups is 1. The van der Waals surface area contributed by atoms with Crippen LogP contribution >= 0.6 is 7.82 Å². The molecule has 160 valence electrons. The Kier molecular flexibility index (Phi) is 3.61. The Bertz CT molecular complexity index is 1360. The van der Waals surface area contributed by atoms with Crippen LogP contribution in [0.2, 0.25) is 0 Å². The first-order valence-electron chi connectivity index (χ1n) is 9.19. The average molecular weight is 447 g/mol. The first-order chi connectivity index (χ1) is 14.8. The Morgan fingerprint density at radius 3 is 2.65 bits per heavy atom. The summed E-state index contributed by atoms with van der Waals surface area (Å²) in [5.41, 5.74) is 6.00. The largest absolute Gasteiger partial charge is 0.538 e. The van der Waals surface area contributed by atoms with Crippen LogP contribution in [0.3, 0.4) is 0 Å². The average Bonchev–Trinajstić information content (AvgIpc) is 3.22. The Hall–Kier alpha value is -3.09. The van der Waals surface area contributed by atoms with Gasteiger partial charge in [-0.1, -0.05) is 30.3 Å². The van der Waals surface area contributed by atoms with Crippen molar-refractivity contribution in [1.29, 1.82) is 0 Å². The van der Waals surface area contributed by atoms with Gasteiger partial charge in [0.1, 0.15) is 6.10 Å². The lowest BCUT2D eigenvalue weighted by atomic mass is 10.1. The van der Waals surface area contributed by atoms with Crippen LogP contribution in [-0.4, -0.2) is 48.5 Å². The molecule has 4 aliphatic rings. The summed E-state index contributed by atoms with van der Waals surface area (Å²) in [5.74, 6) is -2.95. The van der Waals surface area contributed by atoms with Gasteiger partial charge in [-0.05, 0) is 5.56 Å². The minimum absolute atomic E-state index is 0.0811. The number of carbonyl (C=O) groups excluding carboxylic acids is 1. The van der Waals surface area contributed by atoms with Crippen LogP contribution in [0.15, 0.2) is 35.1 Å². The number of benzene rings is 1. The number of nitrogens with zero attached hydrogens (tertiary/aromatic N) is 4. The lowest BCUT2D eigenvalue weighted by Crippen LogP contribution is -2.57. The number of Topliss-reactive ketones (excluding diaryl/α,β-unsaturated/α-hetero) is 1. The molecule has 13 nitrogen and oxygen atoms in total. The van der Waals surface area contributed by atoms with E-state index in [0.717, 1.165) is 5.56 Å². The molecule has 1 spiro atoms. The molecule has 0 saturated carbocycles. The van der Waals surface area contributed by atoms with E-state index in [1.54, 1.807) is 0 Å². The molecule has 3 aromatic rings. The third kappa shape index (κ3) is 2.37. The number of hydrogen-bond donors (Lipinski definition) is 2. The second kappa shape index (κ2) is 5.99. The smallest absolute Gasteiger partial charge is 0.393 e. The maximum atomic E-state index is 13.1. The highest BCUT2D eigenvalue weighted by molar-refractivity contribution is 7.50. The predicted octanol–water partition coefficient (Wildman–Crippen LogP) is -0.0741. The standard InChI is InChI=1S/C17H14N5O8P/c18-15-20-12(25)10-13(21(15)6-8-4-2-1-3-5-8)22-14-11(24)17(9(7-23)27-14)29-31(26,30-17)28-16(22)19-10/h1-5,9,14,23H,6-7H2,(H2,18,20,25)/t9-,14+,17?,31?/m0/s1. The maximum Gasteiger partial charge on any atom is 0.538 e. The summed E-state index contributed by atoms with van der Waals surface area (Å²) in [5, 5.41) is 9.66. The van der Waals surface area contributed by atoms with Crippen LogP contribution in [0.4, 0.5) is 5.95 Å². The first-order valence-corrected chi connectivity index (χ1v) is 10.7. The highest BCUT2D eigenvalue weighted by Gasteiger charge is 2.75. The summed E-state index contributed by atoms with van der Waals surface area (Å²) in [6.45, 7) is -0.466. The zero-order chi connectivity index (χ0) is 21.5. The summed E-state index contributed by atoms with van der Waals surface area (Å²) < 4.78 is 36.7. The van der Waals surface area contributed by atoms with E-state index < -0.39 is 49.9 Å². The number of phosphoric ester groups is 1. The van der Waals surface area contributed by atoms with E-state index in [4.69, 9.17) is 24.0 Å². The van der Waals surface area contributed by atoms with Gasteiger partial charge in [-0.25, -0.2) is 18.2 Å². The van der Waals surface area contributed by atoms with Crippen molar-refractivity contribution in [3.8, 4) is 6.01 Å². The van der Waals surface area contributed by atoms with Gasteiger partial charge in [-0.3, -0.25) is 14.2 Å². The Labute approximate surface area is 172 Å². The van der Waals surface area contributed by atoms with Crippen molar-refractivity contribution in [1.82, 2.24) is 19.1 Å². The highest BCUT2D eigenvalue weighted by Crippen LogP contribution is 2.69. The Balaban J connectivity index is 1.64. The molecule has 2 atom stereocenters. The molecule has 4 aliphatic heterocycles. The van der Waals surface area contributed by atoms with Gasteiger partial charge in [0, 0.05) is 0 Å². The van der Waals surface area contributed by atoms with Crippen molar-refractivity contribution in [2.24, 2.45) is 0 Å². The van der Waals surface area contributed by atoms with E-state index in [1.165, 1.54) is 9.13 Å². The lowest BCUT2D eigenvalue weighted by molar-refractivity contribution is -0.235. The van der Waals surface area contributed by atoms with Crippen molar-refractivity contribution in [3.63, 3.8) is 0 Å². The fourth-order valence-electron chi connectivity index (χ4n) is 3.99. The summed E-state index contributed by atoms with van der Waals surface area (Å²) in [6, 6.07) is 8.79. The minimum atomic E-state index is -4.21. The summed E-state index contributed by atoms with van der Waals surface area (Å²) in [6.07, 6.45) is -2.69. The predicted molar refractivity (Wildman–Crippen MR) is 101 cm³/mol. The van der Waals surface area contributed by atoms with Gasteiger partial charge in [-0.2, -0.15) is 9.97 Å². The maximum absolute atomic E-state index is 13.1. The fourth-order valence-corrected chi connectivity index (χ4v) is 5.49. The molecule has 2 saturated heterocycles. The number of fused-ring (bicyclic) bond motifs is 1. The molecule has 31 heavy (non-hydrogen) atoms. The van der Waals surface area contributed by atoms with E-state index in [1.807, 2.05) is 30.3 Å². The number of aliphatic hydroxyl groups excluding tert-OH is 1. The number of anilines is 1. The number of aliphatic hydroxyl groups is 1. The zero-order valence-electron chi connectivity index (χ0n) is 15.6. The van der Waals surface area contributed by atoms with Gasteiger partial charge in [0.05, 0.1) is 13.2 Å². The molecule has 14 heteroatoms. The number of imidazole rings is 1. The molecule has 2 aromatic heterocycles. The van der Waals surface area contributed by atoms with Crippen molar-refractivity contribution in [3.05, 3.63) is 46.2 Å². The van der Waals surface area contributed by atoms with Gasteiger partial charge in [0.15, 0.2) is 11.2 Å². The lowest BCUT2D eigenvalue weighted by Gasteiger charge is -2.42. The van der Waals surface area contributed by atoms with E-state index in [0.29, 0.717) is 0 Å². The van der Waals surface area contributed by atoms with Crippen molar-refractivity contribution < 1.29 is 32.8 Å². The van der Waals surface area contributed by atoms with Crippen LogP contribution in [0, 0.1) is 0 Å². The molecule has 0 unspecified atom stereocenters. The first kappa shape index (κ1) is 18.7. The Morgan fingerprint density at radius 2 is 1.94 bits per heavy atom. The van der Waals surface area contributed by atoms with Gasteiger partial charge in [0.2, 0.25) is 18.0 Å². The van der Waals surface area contributed by atoms with Crippen LogP contribution in [-0.2, 0) is 29.7 Å². The summed E-state index contributed by atoms with van der Waals surface area (Å²) >= 11 is 0. The zero-order valence-corrected chi connectivity index (χ0v) is 16.5. The Morgan fingerprint density at radius 1 is 1.19 bits per heavy atom. The molecule has 1 aromatic carbocycles. The number of phosphoric acid groups is 1. The summed E-state index contributed by atoms with van der Waals surface area (Å²) in [4.78, 5) is 33.6. The molecular weight excluding hydrogens is 433 g/mol. The monoisotopic (exact) mass is 447 g/mol. The van der Waals surface area contributed by atoms with E-state index in [9.17, 15) is 19.3 Å². The van der Waals surface area contributed by atoms with Gasteiger partial charge < -0.3 is 20.1 Å². The molecule has 7 rings (SSSR count). The molecular formula is C17H14N5O8P. The van der Waals surface area contributed by atoms with Crippen molar-refractivity contribution >= 4 is 30.7 Å². The number of ether oxygens (including phenoxy) is 1.